The molecule has 2 heterocycles. The summed E-state index contributed by atoms with van der Waals surface area (Å²) in [5, 5.41) is 13.7. The lowest BCUT2D eigenvalue weighted by Crippen LogP contribution is -2.40. The van der Waals surface area contributed by atoms with Gasteiger partial charge in [0.05, 0.1) is 11.3 Å². The zero-order chi connectivity index (χ0) is 12.5. The summed E-state index contributed by atoms with van der Waals surface area (Å²) in [5.41, 5.74) is 1.73. The van der Waals surface area contributed by atoms with Crippen LogP contribution in [0, 0.1) is 0 Å². The van der Waals surface area contributed by atoms with Gasteiger partial charge in [0.2, 0.25) is 0 Å². The van der Waals surface area contributed by atoms with Crippen LogP contribution in [0.1, 0.15) is 22.2 Å². The van der Waals surface area contributed by atoms with Gasteiger partial charge < -0.3 is 5.32 Å². The number of fused-ring (bicyclic) bond motifs is 1. The second kappa shape index (κ2) is 4.12. The van der Waals surface area contributed by atoms with Gasteiger partial charge in [-0.2, -0.15) is 5.06 Å². The summed E-state index contributed by atoms with van der Waals surface area (Å²) in [7, 11) is 0. The van der Waals surface area contributed by atoms with Crippen LogP contribution in [0.4, 0.5) is 5.69 Å². The van der Waals surface area contributed by atoms with Crippen molar-refractivity contribution in [2.45, 2.75) is 6.17 Å². The number of nitrogens with one attached hydrogen (secondary N) is 1. The van der Waals surface area contributed by atoms with Gasteiger partial charge in [-0.05, 0) is 24.3 Å². The molecule has 18 heavy (non-hydrogen) atoms. The lowest BCUT2D eigenvalue weighted by molar-refractivity contribution is -0.0860. The molecule has 0 fully saturated rings. The number of hydrogen-bond acceptors (Lipinski definition) is 4. The van der Waals surface area contributed by atoms with Crippen LogP contribution in [0.3, 0.4) is 0 Å². The monoisotopic (exact) mass is 241 g/mol. The van der Waals surface area contributed by atoms with Crippen molar-refractivity contribution in [3.05, 3.63) is 59.9 Å². The third kappa shape index (κ3) is 1.61. The third-order valence-corrected chi connectivity index (χ3v) is 2.87. The summed E-state index contributed by atoms with van der Waals surface area (Å²) in [6, 6.07) is 12.4. The van der Waals surface area contributed by atoms with Crippen molar-refractivity contribution in [2.24, 2.45) is 0 Å². The van der Waals surface area contributed by atoms with E-state index in [-0.39, 0.29) is 0 Å². The highest BCUT2D eigenvalue weighted by Gasteiger charge is 2.32. The standard InChI is InChI=1S/C13H11N3O2/c17-13-9-5-1-2-6-10(9)15-12(16(13)18)11-7-3-4-8-14-11/h1-8,12,15,18H/t12-/m1/s1. The summed E-state index contributed by atoms with van der Waals surface area (Å²) in [6.45, 7) is 0. The number of para-hydroxylation sites is 1. The van der Waals surface area contributed by atoms with Gasteiger partial charge in [0.15, 0.2) is 6.17 Å². The van der Waals surface area contributed by atoms with E-state index < -0.39 is 12.1 Å². The van der Waals surface area contributed by atoms with E-state index in [1.807, 2.05) is 12.1 Å². The van der Waals surface area contributed by atoms with Gasteiger partial charge >= 0.3 is 0 Å². The number of hydroxylamine groups is 2. The first kappa shape index (κ1) is 10.7. The maximum absolute atomic E-state index is 12.0. The fourth-order valence-corrected chi connectivity index (χ4v) is 1.98. The van der Waals surface area contributed by atoms with Gasteiger partial charge in [0, 0.05) is 11.9 Å². The molecule has 0 radical (unpaired) electrons. The lowest BCUT2D eigenvalue weighted by Gasteiger charge is -2.32. The van der Waals surface area contributed by atoms with Crippen LogP contribution < -0.4 is 5.32 Å². The summed E-state index contributed by atoms with van der Waals surface area (Å²) < 4.78 is 0. The summed E-state index contributed by atoms with van der Waals surface area (Å²) in [5.74, 6) is -0.431. The van der Waals surface area contributed by atoms with Crippen molar-refractivity contribution < 1.29 is 10.0 Å². The van der Waals surface area contributed by atoms with Crippen molar-refractivity contribution in [3.8, 4) is 0 Å². The van der Waals surface area contributed by atoms with Gasteiger partial charge in [0.25, 0.3) is 5.91 Å². The maximum Gasteiger partial charge on any atom is 0.281 e. The zero-order valence-electron chi connectivity index (χ0n) is 9.45. The Labute approximate surface area is 104 Å². The fraction of sp³-hybridized carbons (Fsp3) is 0.0769. The normalized spacial score (nSPS) is 18.2. The van der Waals surface area contributed by atoms with Gasteiger partial charge in [-0.3, -0.25) is 15.0 Å². The van der Waals surface area contributed by atoms with Crippen molar-refractivity contribution in [2.75, 3.05) is 5.32 Å². The Morgan fingerprint density at radius 1 is 1.17 bits per heavy atom. The molecule has 0 unspecified atom stereocenters. The van der Waals surface area contributed by atoms with Crippen LogP contribution in [-0.4, -0.2) is 21.2 Å². The first-order valence-electron chi connectivity index (χ1n) is 5.56. The van der Waals surface area contributed by atoms with Crippen molar-refractivity contribution >= 4 is 11.6 Å². The van der Waals surface area contributed by atoms with Gasteiger partial charge in [-0.1, -0.05) is 18.2 Å². The molecule has 1 atom stereocenters. The topological polar surface area (TPSA) is 65.5 Å². The zero-order valence-corrected chi connectivity index (χ0v) is 9.45. The van der Waals surface area contributed by atoms with E-state index in [1.165, 1.54) is 0 Å². The van der Waals surface area contributed by atoms with Gasteiger partial charge in [-0.15, -0.1) is 0 Å². The number of rotatable bonds is 1. The number of pyridine rings is 1. The summed E-state index contributed by atoms with van der Waals surface area (Å²) >= 11 is 0. The molecule has 3 rings (SSSR count). The number of hydrogen-bond donors (Lipinski definition) is 2. The minimum absolute atomic E-state index is 0.431. The average Bonchev–Trinajstić information content (AvgIpc) is 2.44. The Hall–Kier alpha value is -2.40. The Balaban J connectivity index is 2.04. The molecule has 2 N–H and O–H groups in total. The minimum atomic E-state index is -0.659. The van der Waals surface area contributed by atoms with Gasteiger partial charge in [0.1, 0.15) is 0 Å². The van der Waals surface area contributed by atoms with Crippen molar-refractivity contribution in [1.29, 1.82) is 0 Å². The van der Waals surface area contributed by atoms with E-state index in [4.69, 9.17) is 0 Å². The van der Waals surface area contributed by atoms with E-state index in [1.54, 1.807) is 36.5 Å². The number of amides is 1. The van der Waals surface area contributed by atoms with Crippen LogP contribution in [-0.2, 0) is 0 Å². The van der Waals surface area contributed by atoms with Crippen LogP contribution >= 0.6 is 0 Å². The van der Waals surface area contributed by atoms with E-state index in [9.17, 15) is 10.0 Å². The summed E-state index contributed by atoms with van der Waals surface area (Å²) in [4.78, 5) is 16.2. The quantitative estimate of drug-likeness (QED) is 0.750. The predicted molar refractivity (Wildman–Crippen MR) is 65.0 cm³/mol. The number of anilines is 1. The highest BCUT2D eigenvalue weighted by atomic mass is 16.5. The van der Waals surface area contributed by atoms with E-state index in [0.717, 1.165) is 0 Å². The Kier molecular flexibility index (Phi) is 2.46. The van der Waals surface area contributed by atoms with E-state index in [0.29, 0.717) is 22.0 Å². The molecule has 5 nitrogen and oxygen atoms in total. The number of benzene rings is 1. The van der Waals surface area contributed by atoms with Crippen LogP contribution in [0.5, 0.6) is 0 Å². The molecule has 5 heteroatoms. The molecule has 0 spiro atoms. The molecule has 1 aliphatic rings. The largest absolute Gasteiger partial charge is 0.358 e. The Morgan fingerprint density at radius 3 is 2.72 bits per heavy atom. The van der Waals surface area contributed by atoms with Crippen molar-refractivity contribution in [1.82, 2.24) is 10.0 Å². The third-order valence-electron chi connectivity index (χ3n) is 2.87. The molecular weight excluding hydrogens is 230 g/mol. The Bertz CT molecular complexity index is 586. The van der Waals surface area contributed by atoms with Crippen molar-refractivity contribution in [3.63, 3.8) is 0 Å². The molecule has 1 aromatic heterocycles. The minimum Gasteiger partial charge on any atom is -0.358 e. The molecule has 1 amide bonds. The number of carbonyl (C=O) groups is 1. The number of carbonyl (C=O) groups excluding carboxylic acids is 1. The average molecular weight is 241 g/mol. The predicted octanol–water partition coefficient (Wildman–Crippen LogP) is 2.04. The maximum atomic E-state index is 12.0. The molecule has 0 bridgehead atoms. The molecule has 90 valence electrons. The van der Waals surface area contributed by atoms with E-state index in [2.05, 4.69) is 10.3 Å². The van der Waals surface area contributed by atoms with Crippen LogP contribution in [0.25, 0.3) is 0 Å². The molecule has 2 aromatic rings. The number of nitrogens with zero attached hydrogens (tertiary/aromatic N) is 2. The fourth-order valence-electron chi connectivity index (χ4n) is 1.98. The highest BCUT2D eigenvalue weighted by Crippen LogP contribution is 2.30. The molecule has 0 saturated carbocycles. The molecule has 1 aliphatic heterocycles. The highest BCUT2D eigenvalue weighted by molar-refractivity contribution is 6.00. The van der Waals surface area contributed by atoms with Crippen LogP contribution in [0.15, 0.2) is 48.7 Å². The molecule has 0 saturated heterocycles. The molecular formula is C13H11N3O2. The van der Waals surface area contributed by atoms with E-state index >= 15 is 0 Å². The number of aromatic nitrogens is 1. The first-order valence-corrected chi connectivity index (χ1v) is 5.56. The lowest BCUT2D eigenvalue weighted by atomic mass is 10.1. The summed E-state index contributed by atoms with van der Waals surface area (Å²) in [6.07, 6.45) is 0.962. The molecule has 1 aromatic carbocycles. The van der Waals surface area contributed by atoms with Crippen LogP contribution in [0.2, 0.25) is 0 Å². The van der Waals surface area contributed by atoms with Gasteiger partial charge in [-0.25, -0.2) is 0 Å². The molecule has 0 aliphatic carbocycles. The second-order valence-corrected chi connectivity index (χ2v) is 4.00. The Morgan fingerprint density at radius 2 is 1.94 bits per heavy atom. The second-order valence-electron chi connectivity index (χ2n) is 4.00. The first-order chi connectivity index (χ1) is 8.77. The SMILES string of the molecule is O=C1c2ccccc2N[C@@H](c2ccccn2)N1O. The smallest absolute Gasteiger partial charge is 0.281 e.